The Balaban J connectivity index is 2.67. The van der Waals surface area contributed by atoms with E-state index in [4.69, 9.17) is 9.47 Å². The predicted molar refractivity (Wildman–Crippen MR) is 93.6 cm³/mol. The van der Waals surface area contributed by atoms with Gasteiger partial charge in [-0.1, -0.05) is 30.3 Å². The summed E-state index contributed by atoms with van der Waals surface area (Å²) in [6, 6.07) is 12.2. The minimum atomic E-state index is -0.476. The third-order valence-corrected chi connectivity index (χ3v) is 3.93. The molecule has 0 saturated carbocycles. The molecule has 0 bridgehead atoms. The summed E-state index contributed by atoms with van der Waals surface area (Å²) in [6.07, 6.45) is 0.673. The maximum Gasteiger partial charge on any atom is 0.338 e. The molecule has 0 saturated heterocycles. The molecule has 0 fully saturated rings. The number of Topliss-reactive ketones (excluding diaryl/α,β-unsaturated/α-hetero) is 1. The summed E-state index contributed by atoms with van der Waals surface area (Å²) in [4.78, 5) is 35.7. The number of rotatable bonds is 6. The first-order valence-electron chi connectivity index (χ1n) is 7.87. The Morgan fingerprint density at radius 1 is 0.800 bits per heavy atom. The van der Waals surface area contributed by atoms with Crippen LogP contribution in [0.25, 0.3) is 11.1 Å². The first-order chi connectivity index (χ1) is 12.0. The van der Waals surface area contributed by atoms with Crippen molar-refractivity contribution in [2.75, 3.05) is 14.2 Å². The van der Waals surface area contributed by atoms with Crippen molar-refractivity contribution < 1.29 is 23.9 Å². The summed E-state index contributed by atoms with van der Waals surface area (Å²) < 4.78 is 9.71. The molecular weight excluding hydrogens is 320 g/mol. The summed E-state index contributed by atoms with van der Waals surface area (Å²) in [5.74, 6) is -0.917. The molecule has 0 N–H and O–H groups in total. The lowest BCUT2D eigenvalue weighted by molar-refractivity contribution is -0.116. The smallest absolute Gasteiger partial charge is 0.338 e. The van der Waals surface area contributed by atoms with Crippen LogP contribution >= 0.6 is 0 Å². The van der Waals surface area contributed by atoms with Gasteiger partial charge in [-0.15, -0.1) is 0 Å². The van der Waals surface area contributed by atoms with Crippen molar-refractivity contribution >= 4 is 17.7 Å². The van der Waals surface area contributed by atoms with Gasteiger partial charge >= 0.3 is 11.9 Å². The molecule has 0 amide bonds. The molecule has 2 aromatic rings. The molecule has 0 atom stereocenters. The van der Waals surface area contributed by atoms with Crippen LogP contribution in [-0.2, 0) is 20.7 Å². The Morgan fingerprint density at radius 3 is 2.00 bits per heavy atom. The zero-order valence-corrected chi connectivity index (χ0v) is 14.5. The molecular formula is C20H20O5. The van der Waals surface area contributed by atoms with E-state index in [1.54, 1.807) is 36.4 Å². The standard InChI is InChI=1S/C20H20O5/c1-13(21)11-12-16-14(9-6-10-18(16)20(23)25-3)15-7-4-5-8-17(15)19(22)24-2/h4-10H,11-12H2,1-3H3. The van der Waals surface area contributed by atoms with E-state index in [9.17, 15) is 14.4 Å². The number of hydrogen-bond donors (Lipinski definition) is 0. The Hall–Kier alpha value is -2.95. The zero-order valence-electron chi connectivity index (χ0n) is 14.5. The van der Waals surface area contributed by atoms with Gasteiger partial charge in [0.1, 0.15) is 5.78 Å². The second-order valence-electron chi connectivity index (χ2n) is 5.56. The third-order valence-electron chi connectivity index (χ3n) is 3.93. The van der Waals surface area contributed by atoms with E-state index in [0.29, 0.717) is 40.7 Å². The number of ether oxygens (including phenoxy) is 2. The summed E-state index contributed by atoms with van der Waals surface area (Å²) in [5, 5.41) is 0. The number of carbonyl (C=O) groups excluding carboxylic acids is 3. The van der Waals surface area contributed by atoms with Gasteiger partial charge in [-0.2, -0.15) is 0 Å². The van der Waals surface area contributed by atoms with Gasteiger partial charge in [0, 0.05) is 6.42 Å². The van der Waals surface area contributed by atoms with Gasteiger partial charge in [0.25, 0.3) is 0 Å². The van der Waals surface area contributed by atoms with Crippen LogP contribution in [0.3, 0.4) is 0 Å². The lowest BCUT2D eigenvalue weighted by atomic mass is 9.89. The minimum Gasteiger partial charge on any atom is -0.465 e. The zero-order chi connectivity index (χ0) is 18.4. The highest BCUT2D eigenvalue weighted by atomic mass is 16.5. The summed E-state index contributed by atoms with van der Waals surface area (Å²) in [6.45, 7) is 1.50. The van der Waals surface area contributed by atoms with Gasteiger partial charge in [-0.05, 0) is 42.2 Å². The van der Waals surface area contributed by atoms with Crippen LogP contribution in [0.1, 0.15) is 39.6 Å². The molecule has 0 radical (unpaired) electrons. The van der Waals surface area contributed by atoms with Crippen molar-refractivity contribution in [3.8, 4) is 11.1 Å². The van der Waals surface area contributed by atoms with E-state index in [1.165, 1.54) is 21.1 Å². The largest absolute Gasteiger partial charge is 0.465 e. The Labute approximate surface area is 146 Å². The maximum atomic E-state index is 12.1. The van der Waals surface area contributed by atoms with E-state index in [1.807, 2.05) is 6.07 Å². The molecule has 0 unspecified atom stereocenters. The van der Waals surface area contributed by atoms with E-state index in [-0.39, 0.29) is 5.78 Å². The highest BCUT2D eigenvalue weighted by molar-refractivity contribution is 6.00. The second-order valence-corrected chi connectivity index (χ2v) is 5.56. The lowest BCUT2D eigenvalue weighted by Gasteiger charge is -2.15. The topological polar surface area (TPSA) is 69.7 Å². The molecule has 0 aromatic heterocycles. The van der Waals surface area contributed by atoms with Gasteiger partial charge < -0.3 is 14.3 Å². The van der Waals surface area contributed by atoms with Crippen LogP contribution < -0.4 is 0 Å². The monoisotopic (exact) mass is 340 g/mol. The fraction of sp³-hybridized carbons (Fsp3) is 0.250. The fourth-order valence-corrected chi connectivity index (χ4v) is 2.72. The van der Waals surface area contributed by atoms with Crippen LogP contribution in [0.15, 0.2) is 42.5 Å². The first-order valence-corrected chi connectivity index (χ1v) is 7.87. The van der Waals surface area contributed by atoms with Crippen LogP contribution in [0.5, 0.6) is 0 Å². The van der Waals surface area contributed by atoms with Crippen molar-refractivity contribution in [3.05, 3.63) is 59.2 Å². The molecule has 0 aliphatic rings. The van der Waals surface area contributed by atoms with Crippen LogP contribution in [0.2, 0.25) is 0 Å². The average Bonchev–Trinajstić information content (AvgIpc) is 2.64. The third kappa shape index (κ3) is 4.12. The molecule has 2 aromatic carbocycles. The minimum absolute atomic E-state index is 0.0203. The lowest BCUT2D eigenvalue weighted by Crippen LogP contribution is -2.10. The summed E-state index contributed by atoms with van der Waals surface area (Å²) in [5.41, 5.74) is 2.83. The molecule has 5 heteroatoms. The van der Waals surface area contributed by atoms with E-state index < -0.39 is 11.9 Å². The van der Waals surface area contributed by atoms with Gasteiger partial charge in [0.05, 0.1) is 25.3 Å². The highest BCUT2D eigenvalue weighted by Gasteiger charge is 2.20. The molecule has 0 aliphatic heterocycles. The number of methoxy groups -OCH3 is 2. The number of ketones is 1. The van der Waals surface area contributed by atoms with E-state index in [0.717, 1.165) is 0 Å². The van der Waals surface area contributed by atoms with Crippen molar-refractivity contribution in [3.63, 3.8) is 0 Å². The number of benzene rings is 2. The first kappa shape index (κ1) is 18.4. The van der Waals surface area contributed by atoms with Crippen molar-refractivity contribution in [2.45, 2.75) is 19.8 Å². The van der Waals surface area contributed by atoms with Crippen LogP contribution in [-0.4, -0.2) is 31.9 Å². The molecule has 2 rings (SSSR count). The normalized spacial score (nSPS) is 10.2. The van der Waals surface area contributed by atoms with E-state index >= 15 is 0 Å². The van der Waals surface area contributed by atoms with Crippen LogP contribution in [0, 0.1) is 0 Å². The molecule has 25 heavy (non-hydrogen) atoms. The molecule has 0 aliphatic carbocycles. The summed E-state index contributed by atoms with van der Waals surface area (Å²) in [7, 11) is 2.63. The highest BCUT2D eigenvalue weighted by Crippen LogP contribution is 2.31. The predicted octanol–water partition coefficient (Wildman–Crippen LogP) is 3.45. The van der Waals surface area contributed by atoms with Crippen molar-refractivity contribution in [2.24, 2.45) is 0 Å². The molecule has 5 nitrogen and oxygen atoms in total. The number of esters is 2. The molecule has 130 valence electrons. The van der Waals surface area contributed by atoms with Crippen molar-refractivity contribution in [1.82, 2.24) is 0 Å². The fourth-order valence-electron chi connectivity index (χ4n) is 2.72. The maximum absolute atomic E-state index is 12.1. The van der Waals surface area contributed by atoms with Gasteiger partial charge in [0.2, 0.25) is 0 Å². The van der Waals surface area contributed by atoms with Gasteiger partial charge in [-0.3, -0.25) is 0 Å². The SMILES string of the molecule is COC(=O)c1ccccc1-c1cccc(C(=O)OC)c1CCC(C)=O. The summed E-state index contributed by atoms with van der Waals surface area (Å²) >= 11 is 0. The van der Waals surface area contributed by atoms with Gasteiger partial charge in [0.15, 0.2) is 0 Å². The Kier molecular flexibility index (Phi) is 6.06. The van der Waals surface area contributed by atoms with Crippen LogP contribution in [0.4, 0.5) is 0 Å². The van der Waals surface area contributed by atoms with Gasteiger partial charge in [-0.25, -0.2) is 9.59 Å². The second kappa shape index (κ2) is 8.24. The number of hydrogen-bond acceptors (Lipinski definition) is 5. The molecule has 0 heterocycles. The van der Waals surface area contributed by atoms with E-state index in [2.05, 4.69) is 0 Å². The average molecular weight is 340 g/mol. The number of carbonyl (C=O) groups is 3. The Morgan fingerprint density at radius 2 is 1.36 bits per heavy atom. The van der Waals surface area contributed by atoms with Crippen molar-refractivity contribution in [1.29, 1.82) is 0 Å². The molecule has 0 spiro atoms. The quantitative estimate of drug-likeness (QED) is 0.753. The Bertz CT molecular complexity index is 807.